The summed E-state index contributed by atoms with van der Waals surface area (Å²) in [5.74, 6) is 0.338. The fourth-order valence-electron chi connectivity index (χ4n) is 2.98. The van der Waals surface area contributed by atoms with Gasteiger partial charge in [-0.05, 0) is 45.8 Å². The summed E-state index contributed by atoms with van der Waals surface area (Å²) < 4.78 is 0. The number of hydrogen-bond donors (Lipinski definition) is 1. The standard InChI is InChI=1S/C13H25N3O/c1-3-11-10-15(2)8-5-9-16(11)13(17)12-6-4-7-14-12/h11-12,14H,3-10H2,1-2H3/t11?,12-/m1/s1. The minimum atomic E-state index is 0.0902. The van der Waals surface area contributed by atoms with Gasteiger partial charge in [-0.1, -0.05) is 6.92 Å². The van der Waals surface area contributed by atoms with Gasteiger partial charge in [0.1, 0.15) is 0 Å². The number of carbonyl (C=O) groups excluding carboxylic acids is 1. The van der Waals surface area contributed by atoms with Crippen LogP contribution in [0.2, 0.25) is 0 Å². The van der Waals surface area contributed by atoms with Crippen LogP contribution in [0.15, 0.2) is 0 Å². The van der Waals surface area contributed by atoms with Crippen LogP contribution in [-0.2, 0) is 4.79 Å². The summed E-state index contributed by atoms with van der Waals surface area (Å²) in [6.07, 6.45) is 4.32. The predicted octanol–water partition coefficient (Wildman–Crippen LogP) is 0.681. The molecule has 2 saturated heterocycles. The Morgan fingerprint density at radius 2 is 2.18 bits per heavy atom. The zero-order chi connectivity index (χ0) is 12.3. The molecule has 2 fully saturated rings. The van der Waals surface area contributed by atoms with Crippen molar-refractivity contribution in [3.8, 4) is 0 Å². The molecule has 1 unspecified atom stereocenters. The maximum absolute atomic E-state index is 12.5. The minimum Gasteiger partial charge on any atom is -0.337 e. The van der Waals surface area contributed by atoms with Crippen LogP contribution in [0.1, 0.15) is 32.6 Å². The molecule has 17 heavy (non-hydrogen) atoms. The average molecular weight is 239 g/mol. The van der Waals surface area contributed by atoms with Crippen molar-refractivity contribution >= 4 is 5.91 Å². The van der Waals surface area contributed by atoms with Gasteiger partial charge < -0.3 is 15.1 Å². The molecule has 0 aromatic heterocycles. The number of hydrogen-bond acceptors (Lipinski definition) is 3. The molecule has 1 N–H and O–H groups in total. The van der Waals surface area contributed by atoms with Gasteiger partial charge in [-0.25, -0.2) is 0 Å². The first-order valence-corrected chi connectivity index (χ1v) is 6.94. The lowest BCUT2D eigenvalue weighted by Crippen LogP contribution is -2.50. The third kappa shape index (κ3) is 2.99. The Hall–Kier alpha value is -0.610. The molecular formula is C13H25N3O. The minimum absolute atomic E-state index is 0.0902. The maximum atomic E-state index is 12.5. The molecule has 4 heteroatoms. The van der Waals surface area contributed by atoms with Crippen LogP contribution < -0.4 is 5.32 Å². The van der Waals surface area contributed by atoms with Gasteiger partial charge in [-0.15, -0.1) is 0 Å². The van der Waals surface area contributed by atoms with Crippen LogP contribution in [0.4, 0.5) is 0 Å². The Labute approximate surface area is 104 Å². The van der Waals surface area contributed by atoms with E-state index in [9.17, 15) is 4.79 Å². The third-order valence-electron chi connectivity index (χ3n) is 4.01. The van der Waals surface area contributed by atoms with E-state index in [0.717, 1.165) is 51.9 Å². The maximum Gasteiger partial charge on any atom is 0.239 e. The quantitative estimate of drug-likeness (QED) is 0.770. The number of likely N-dealkylation sites (N-methyl/N-ethyl adjacent to an activating group) is 1. The van der Waals surface area contributed by atoms with Gasteiger partial charge in [-0.3, -0.25) is 4.79 Å². The SMILES string of the molecule is CCC1CN(C)CCCN1C(=O)[C@H]1CCCN1. The summed E-state index contributed by atoms with van der Waals surface area (Å²) in [5, 5.41) is 3.33. The van der Waals surface area contributed by atoms with E-state index in [1.807, 2.05) is 0 Å². The van der Waals surface area contributed by atoms with Crippen LogP contribution >= 0.6 is 0 Å². The van der Waals surface area contributed by atoms with Crippen molar-refractivity contribution in [2.45, 2.75) is 44.7 Å². The highest BCUT2D eigenvalue weighted by atomic mass is 16.2. The largest absolute Gasteiger partial charge is 0.337 e. The molecule has 2 aliphatic rings. The van der Waals surface area contributed by atoms with E-state index >= 15 is 0 Å². The van der Waals surface area contributed by atoms with Gasteiger partial charge in [0, 0.05) is 19.1 Å². The molecule has 0 saturated carbocycles. The van der Waals surface area contributed by atoms with Crippen LogP contribution in [0, 0.1) is 0 Å². The van der Waals surface area contributed by atoms with Crippen molar-refractivity contribution in [2.24, 2.45) is 0 Å². The van der Waals surface area contributed by atoms with Crippen molar-refractivity contribution < 1.29 is 4.79 Å². The second-order valence-electron chi connectivity index (χ2n) is 5.36. The molecule has 4 nitrogen and oxygen atoms in total. The molecule has 1 amide bonds. The van der Waals surface area contributed by atoms with E-state index in [1.54, 1.807) is 0 Å². The molecule has 2 heterocycles. The molecular weight excluding hydrogens is 214 g/mol. The van der Waals surface area contributed by atoms with Crippen LogP contribution in [0.5, 0.6) is 0 Å². The van der Waals surface area contributed by atoms with Crippen molar-refractivity contribution in [3.05, 3.63) is 0 Å². The van der Waals surface area contributed by atoms with Crippen molar-refractivity contribution in [3.63, 3.8) is 0 Å². The molecule has 2 aliphatic heterocycles. The Bertz CT molecular complexity index is 263. The number of carbonyl (C=O) groups is 1. The molecule has 2 atom stereocenters. The van der Waals surface area contributed by atoms with E-state index in [4.69, 9.17) is 0 Å². The molecule has 2 rings (SSSR count). The highest BCUT2D eigenvalue weighted by Gasteiger charge is 2.32. The molecule has 0 aromatic carbocycles. The van der Waals surface area contributed by atoms with E-state index < -0.39 is 0 Å². The highest BCUT2D eigenvalue weighted by Crippen LogP contribution is 2.16. The highest BCUT2D eigenvalue weighted by molar-refractivity contribution is 5.82. The molecule has 0 radical (unpaired) electrons. The summed E-state index contributed by atoms with van der Waals surface area (Å²) in [6.45, 7) is 6.25. The molecule has 0 spiro atoms. The Morgan fingerprint density at radius 3 is 2.82 bits per heavy atom. The Kier molecular flexibility index (Phi) is 4.40. The van der Waals surface area contributed by atoms with Gasteiger partial charge >= 0.3 is 0 Å². The summed E-state index contributed by atoms with van der Waals surface area (Å²) in [5.41, 5.74) is 0. The molecule has 0 aromatic rings. The first-order chi connectivity index (χ1) is 8.22. The fourth-order valence-corrected chi connectivity index (χ4v) is 2.98. The number of rotatable bonds is 2. The average Bonchev–Trinajstić information content (AvgIpc) is 2.78. The smallest absolute Gasteiger partial charge is 0.239 e. The number of nitrogens with zero attached hydrogens (tertiary/aromatic N) is 2. The lowest BCUT2D eigenvalue weighted by molar-refractivity contribution is -0.135. The van der Waals surface area contributed by atoms with Gasteiger partial charge in [0.25, 0.3) is 0 Å². The topological polar surface area (TPSA) is 35.6 Å². The van der Waals surface area contributed by atoms with Crippen molar-refractivity contribution in [1.29, 1.82) is 0 Å². The van der Waals surface area contributed by atoms with E-state index in [-0.39, 0.29) is 6.04 Å². The first kappa shape index (κ1) is 12.8. The Morgan fingerprint density at radius 1 is 1.35 bits per heavy atom. The lowest BCUT2D eigenvalue weighted by Gasteiger charge is -2.32. The van der Waals surface area contributed by atoms with E-state index in [1.165, 1.54) is 0 Å². The predicted molar refractivity (Wildman–Crippen MR) is 68.9 cm³/mol. The summed E-state index contributed by atoms with van der Waals surface area (Å²) >= 11 is 0. The van der Waals surface area contributed by atoms with Crippen molar-refractivity contribution in [1.82, 2.24) is 15.1 Å². The normalized spacial score (nSPS) is 31.5. The Balaban J connectivity index is 2.02. The second-order valence-corrected chi connectivity index (χ2v) is 5.36. The van der Waals surface area contributed by atoms with E-state index in [2.05, 4.69) is 29.1 Å². The van der Waals surface area contributed by atoms with E-state index in [0.29, 0.717) is 11.9 Å². The van der Waals surface area contributed by atoms with Gasteiger partial charge in [0.05, 0.1) is 6.04 Å². The summed E-state index contributed by atoms with van der Waals surface area (Å²) in [4.78, 5) is 17.0. The molecule has 0 aliphatic carbocycles. The van der Waals surface area contributed by atoms with Gasteiger partial charge in [-0.2, -0.15) is 0 Å². The second kappa shape index (κ2) is 5.83. The zero-order valence-corrected chi connectivity index (χ0v) is 11.1. The zero-order valence-electron chi connectivity index (χ0n) is 11.1. The molecule has 98 valence electrons. The van der Waals surface area contributed by atoms with Gasteiger partial charge in [0.15, 0.2) is 0 Å². The van der Waals surface area contributed by atoms with Crippen LogP contribution in [0.25, 0.3) is 0 Å². The summed E-state index contributed by atoms with van der Waals surface area (Å²) in [7, 11) is 2.16. The monoisotopic (exact) mass is 239 g/mol. The fraction of sp³-hybridized carbons (Fsp3) is 0.923. The van der Waals surface area contributed by atoms with Gasteiger partial charge in [0.2, 0.25) is 5.91 Å². The third-order valence-corrected chi connectivity index (χ3v) is 4.01. The van der Waals surface area contributed by atoms with Crippen LogP contribution in [0.3, 0.4) is 0 Å². The molecule has 0 bridgehead atoms. The van der Waals surface area contributed by atoms with Crippen LogP contribution in [-0.4, -0.2) is 61.0 Å². The first-order valence-electron chi connectivity index (χ1n) is 6.94. The number of nitrogens with one attached hydrogen (secondary N) is 1. The summed E-state index contributed by atoms with van der Waals surface area (Å²) in [6, 6.07) is 0.491. The number of amides is 1. The lowest BCUT2D eigenvalue weighted by atomic mass is 10.1. The van der Waals surface area contributed by atoms with Crippen molar-refractivity contribution in [2.75, 3.05) is 33.2 Å².